The lowest BCUT2D eigenvalue weighted by Gasteiger charge is -2.29. The summed E-state index contributed by atoms with van der Waals surface area (Å²) in [5.41, 5.74) is 7.76. The maximum Gasteiger partial charge on any atom is 0.356 e. The number of ether oxygens (including phenoxy) is 1. The number of esters is 1. The van der Waals surface area contributed by atoms with Crippen molar-refractivity contribution in [3.63, 3.8) is 0 Å². The molecule has 144 valence electrons. The predicted molar refractivity (Wildman–Crippen MR) is 101 cm³/mol. The van der Waals surface area contributed by atoms with Crippen molar-refractivity contribution in [2.24, 2.45) is 11.7 Å². The van der Waals surface area contributed by atoms with Gasteiger partial charge in [0.1, 0.15) is 5.69 Å². The molecule has 1 aliphatic rings. The molecule has 0 radical (unpaired) electrons. The van der Waals surface area contributed by atoms with E-state index >= 15 is 0 Å². The zero-order valence-electron chi connectivity index (χ0n) is 15.5. The van der Waals surface area contributed by atoms with Crippen LogP contribution in [0.1, 0.15) is 28.9 Å². The summed E-state index contributed by atoms with van der Waals surface area (Å²) in [7, 11) is 1.30. The Morgan fingerprint density at radius 3 is 2.63 bits per heavy atom. The second kappa shape index (κ2) is 7.79. The van der Waals surface area contributed by atoms with Crippen LogP contribution in [0.3, 0.4) is 0 Å². The van der Waals surface area contributed by atoms with E-state index in [4.69, 9.17) is 10.5 Å². The highest BCUT2D eigenvalue weighted by atomic mass is 16.5. The van der Waals surface area contributed by atoms with Gasteiger partial charge in [0.25, 0.3) is 0 Å². The van der Waals surface area contributed by atoms with E-state index in [2.05, 4.69) is 10.3 Å². The van der Waals surface area contributed by atoms with Crippen LogP contribution in [-0.2, 0) is 14.3 Å². The number of piperidine rings is 1. The van der Waals surface area contributed by atoms with Gasteiger partial charge >= 0.3 is 5.97 Å². The third kappa shape index (κ3) is 4.11. The van der Waals surface area contributed by atoms with Crippen molar-refractivity contribution in [2.45, 2.75) is 19.8 Å². The number of hydrogen-bond acceptors (Lipinski definition) is 5. The fourth-order valence-electron chi connectivity index (χ4n) is 3.45. The standard InChI is InChI=1S/C19H24N4O4/c1-11-3-4-14-13(9-11)16(17(21-14)19(26)27-2)22-15(24)10-23-7-5-12(6-8-23)18(20)25/h3-4,9,12,21H,5-8,10H2,1-2H3,(H2,20,25)(H,22,24). The van der Waals surface area contributed by atoms with Gasteiger partial charge in [0.2, 0.25) is 11.8 Å². The molecule has 1 saturated heterocycles. The zero-order valence-corrected chi connectivity index (χ0v) is 15.5. The number of benzene rings is 1. The van der Waals surface area contributed by atoms with Crippen LogP contribution in [0.5, 0.6) is 0 Å². The number of fused-ring (bicyclic) bond motifs is 1. The molecule has 1 fully saturated rings. The fourth-order valence-corrected chi connectivity index (χ4v) is 3.45. The van der Waals surface area contributed by atoms with E-state index in [0.717, 1.165) is 16.5 Å². The molecule has 0 aliphatic carbocycles. The minimum absolute atomic E-state index is 0.119. The molecule has 8 nitrogen and oxygen atoms in total. The maximum atomic E-state index is 12.6. The number of carbonyl (C=O) groups excluding carboxylic acids is 3. The van der Waals surface area contributed by atoms with E-state index in [1.165, 1.54) is 7.11 Å². The smallest absolute Gasteiger partial charge is 0.356 e. The van der Waals surface area contributed by atoms with Gasteiger partial charge in [-0.2, -0.15) is 0 Å². The summed E-state index contributed by atoms with van der Waals surface area (Å²) >= 11 is 0. The van der Waals surface area contributed by atoms with Gasteiger partial charge in [-0.1, -0.05) is 11.6 Å². The number of aromatic nitrogens is 1. The Balaban J connectivity index is 1.75. The molecule has 0 unspecified atom stereocenters. The van der Waals surface area contributed by atoms with Crippen molar-refractivity contribution in [1.82, 2.24) is 9.88 Å². The second-order valence-corrected chi connectivity index (χ2v) is 6.92. The van der Waals surface area contributed by atoms with Crippen molar-refractivity contribution < 1.29 is 19.1 Å². The average Bonchev–Trinajstić information content (AvgIpc) is 2.99. The lowest BCUT2D eigenvalue weighted by Crippen LogP contribution is -2.42. The van der Waals surface area contributed by atoms with Gasteiger partial charge in [-0.15, -0.1) is 0 Å². The quantitative estimate of drug-likeness (QED) is 0.686. The summed E-state index contributed by atoms with van der Waals surface area (Å²) in [6.45, 7) is 3.40. The molecular formula is C19H24N4O4. The van der Waals surface area contributed by atoms with Gasteiger partial charge in [-0.3, -0.25) is 14.5 Å². The van der Waals surface area contributed by atoms with Gasteiger partial charge in [0.15, 0.2) is 0 Å². The van der Waals surface area contributed by atoms with Crippen LogP contribution < -0.4 is 11.1 Å². The molecule has 2 amide bonds. The first kappa shape index (κ1) is 18.9. The SMILES string of the molecule is COC(=O)c1[nH]c2ccc(C)cc2c1NC(=O)CN1CCC(C(N)=O)CC1. The van der Waals surface area contributed by atoms with Crippen LogP contribution in [0.15, 0.2) is 18.2 Å². The first-order chi connectivity index (χ1) is 12.9. The number of likely N-dealkylation sites (tertiary alicyclic amines) is 1. The van der Waals surface area contributed by atoms with E-state index in [1.807, 2.05) is 30.0 Å². The Morgan fingerprint density at radius 1 is 1.30 bits per heavy atom. The summed E-state index contributed by atoms with van der Waals surface area (Å²) in [6, 6.07) is 5.70. The van der Waals surface area contributed by atoms with Crippen LogP contribution in [0.25, 0.3) is 10.9 Å². The fraction of sp³-hybridized carbons (Fsp3) is 0.421. The van der Waals surface area contributed by atoms with Crippen LogP contribution in [-0.4, -0.2) is 54.4 Å². The van der Waals surface area contributed by atoms with Gasteiger partial charge in [0.05, 0.1) is 19.3 Å². The Labute approximate surface area is 157 Å². The van der Waals surface area contributed by atoms with E-state index in [-0.39, 0.29) is 30.0 Å². The van der Waals surface area contributed by atoms with Crippen molar-refractivity contribution in [3.8, 4) is 0 Å². The van der Waals surface area contributed by atoms with Crippen LogP contribution >= 0.6 is 0 Å². The van der Waals surface area contributed by atoms with Gasteiger partial charge in [-0.25, -0.2) is 4.79 Å². The molecule has 0 spiro atoms. The molecule has 4 N–H and O–H groups in total. The number of rotatable bonds is 5. The number of aromatic amines is 1. The maximum absolute atomic E-state index is 12.6. The number of anilines is 1. The Bertz CT molecular complexity index is 881. The first-order valence-electron chi connectivity index (χ1n) is 8.91. The van der Waals surface area contributed by atoms with Gasteiger partial charge in [-0.05, 0) is 45.0 Å². The minimum atomic E-state index is -0.540. The molecule has 27 heavy (non-hydrogen) atoms. The molecule has 2 heterocycles. The number of nitrogens with zero attached hydrogens (tertiary/aromatic N) is 1. The lowest BCUT2D eigenvalue weighted by molar-refractivity contribution is -0.123. The number of nitrogens with one attached hydrogen (secondary N) is 2. The number of aryl methyl sites for hydroxylation is 1. The molecule has 1 aromatic heterocycles. The molecule has 0 bridgehead atoms. The predicted octanol–water partition coefficient (Wildman–Crippen LogP) is 1.40. The van der Waals surface area contributed by atoms with E-state index in [9.17, 15) is 14.4 Å². The molecule has 3 rings (SSSR count). The zero-order chi connectivity index (χ0) is 19.6. The molecule has 2 aromatic rings. The van der Waals surface area contributed by atoms with Gasteiger partial charge < -0.3 is 20.8 Å². The highest BCUT2D eigenvalue weighted by Crippen LogP contribution is 2.29. The third-order valence-corrected chi connectivity index (χ3v) is 4.97. The average molecular weight is 372 g/mol. The summed E-state index contributed by atoms with van der Waals surface area (Å²) in [6.07, 6.45) is 1.31. The number of methoxy groups -OCH3 is 1. The Hall–Kier alpha value is -2.87. The number of nitrogens with two attached hydrogens (primary N) is 1. The monoisotopic (exact) mass is 372 g/mol. The lowest BCUT2D eigenvalue weighted by atomic mass is 9.96. The van der Waals surface area contributed by atoms with Crippen LogP contribution in [0, 0.1) is 12.8 Å². The van der Waals surface area contributed by atoms with Crippen LogP contribution in [0.4, 0.5) is 5.69 Å². The summed E-state index contributed by atoms with van der Waals surface area (Å²) in [5, 5.41) is 3.61. The van der Waals surface area contributed by atoms with E-state index < -0.39 is 5.97 Å². The minimum Gasteiger partial charge on any atom is -0.464 e. The third-order valence-electron chi connectivity index (χ3n) is 4.97. The number of amides is 2. The van der Waals surface area contributed by atoms with Crippen molar-refractivity contribution in [1.29, 1.82) is 0 Å². The van der Waals surface area contributed by atoms with Crippen molar-refractivity contribution in [2.75, 3.05) is 32.1 Å². The summed E-state index contributed by atoms with van der Waals surface area (Å²) < 4.78 is 4.83. The highest BCUT2D eigenvalue weighted by Gasteiger charge is 2.25. The molecule has 0 saturated carbocycles. The van der Waals surface area contributed by atoms with Crippen molar-refractivity contribution in [3.05, 3.63) is 29.5 Å². The second-order valence-electron chi connectivity index (χ2n) is 6.92. The first-order valence-corrected chi connectivity index (χ1v) is 8.91. The number of H-pyrrole nitrogens is 1. The molecular weight excluding hydrogens is 348 g/mol. The number of hydrogen-bond donors (Lipinski definition) is 3. The molecule has 1 aromatic carbocycles. The van der Waals surface area contributed by atoms with E-state index in [0.29, 0.717) is 31.6 Å². The van der Waals surface area contributed by atoms with Crippen LogP contribution in [0.2, 0.25) is 0 Å². The number of primary amides is 1. The van der Waals surface area contributed by atoms with Gasteiger partial charge in [0, 0.05) is 16.8 Å². The largest absolute Gasteiger partial charge is 0.464 e. The Morgan fingerprint density at radius 2 is 2.00 bits per heavy atom. The molecule has 0 atom stereocenters. The Kier molecular flexibility index (Phi) is 5.46. The summed E-state index contributed by atoms with van der Waals surface area (Å²) in [5.74, 6) is -1.16. The normalized spacial score (nSPS) is 15.6. The van der Waals surface area contributed by atoms with Crippen molar-refractivity contribution >= 4 is 34.4 Å². The molecule has 1 aliphatic heterocycles. The van der Waals surface area contributed by atoms with E-state index in [1.54, 1.807) is 0 Å². The summed E-state index contributed by atoms with van der Waals surface area (Å²) in [4.78, 5) is 40.9. The highest BCUT2D eigenvalue weighted by molar-refractivity contribution is 6.11. The number of carbonyl (C=O) groups is 3. The topological polar surface area (TPSA) is 118 Å². The molecule has 8 heteroatoms.